The topological polar surface area (TPSA) is 123 Å². The van der Waals surface area contributed by atoms with Crippen molar-refractivity contribution in [1.82, 2.24) is 19.9 Å². The van der Waals surface area contributed by atoms with Crippen molar-refractivity contribution in [2.75, 3.05) is 5.32 Å². The van der Waals surface area contributed by atoms with Crippen LogP contribution in [-0.2, 0) is 5.41 Å². The number of halogens is 1. The number of aromatic nitrogens is 4. The largest absolute Gasteiger partial charge is 0.348 e. The van der Waals surface area contributed by atoms with E-state index < -0.39 is 22.8 Å². The summed E-state index contributed by atoms with van der Waals surface area (Å²) in [5.41, 5.74) is 2.11. The van der Waals surface area contributed by atoms with Gasteiger partial charge >= 0.3 is 0 Å². The van der Waals surface area contributed by atoms with Gasteiger partial charge in [-0.2, -0.15) is 0 Å². The van der Waals surface area contributed by atoms with Gasteiger partial charge < -0.3 is 20.3 Å². The molecule has 184 valence electrons. The van der Waals surface area contributed by atoms with Gasteiger partial charge in [0.25, 0.3) is 17.0 Å². The van der Waals surface area contributed by atoms with Gasteiger partial charge in [-0.1, -0.05) is 39.0 Å². The van der Waals surface area contributed by atoms with Gasteiger partial charge in [-0.3, -0.25) is 14.4 Å². The Morgan fingerprint density at radius 3 is 2.39 bits per heavy atom. The normalized spacial score (nSPS) is 12.7. The quantitative estimate of drug-likeness (QED) is 0.353. The van der Waals surface area contributed by atoms with Crippen LogP contribution in [0, 0.1) is 12.7 Å². The lowest BCUT2D eigenvalue weighted by atomic mass is 9.90. The molecule has 4 aromatic rings. The van der Waals surface area contributed by atoms with Gasteiger partial charge in [-0.05, 0) is 54.5 Å². The van der Waals surface area contributed by atoms with E-state index >= 15 is 0 Å². The van der Waals surface area contributed by atoms with Gasteiger partial charge in [0.2, 0.25) is 0 Å². The van der Waals surface area contributed by atoms with Gasteiger partial charge in [-0.15, -0.1) is 0 Å². The fraction of sp³-hybridized carbons (Fsp3) is 0.185. The monoisotopic (exact) mass is 487 g/mol. The first-order valence-electron chi connectivity index (χ1n) is 11.3. The number of nitrogens with zero attached hydrogens (tertiary/aromatic N) is 1. The predicted molar refractivity (Wildman–Crippen MR) is 137 cm³/mol. The number of hydrogen-bond donors (Lipinski definition) is 4. The summed E-state index contributed by atoms with van der Waals surface area (Å²) in [4.78, 5) is 50.6. The van der Waals surface area contributed by atoms with E-state index in [-0.39, 0.29) is 21.7 Å². The number of aromatic amines is 3. The highest BCUT2D eigenvalue weighted by molar-refractivity contribution is 6.05. The molecule has 1 amide bonds. The lowest BCUT2D eigenvalue weighted by Crippen LogP contribution is -2.46. The highest BCUT2D eigenvalue weighted by Crippen LogP contribution is 2.22. The van der Waals surface area contributed by atoms with Gasteiger partial charge in [0.05, 0.1) is 12.0 Å². The van der Waals surface area contributed by atoms with E-state index in [4.69, 9.17) is 0 Å². The third kappa shape index (κ3) is 5.41. The number of aryl methyl sites for hydroxylation is 1. The van der Waals surface area contributed by atoms with Crippen LogP contribution < -0.4 is 27.1 Å². The fourth-order valence-electron chi connectivity index (χ4n) is 3.76. The second-order valence-corrected chi connectivity index (χ2v) is 9.48. The molecule has 4 N–H and O–H groups in total. The maximum absolute atomic E-state index is 13.6. The van der Waals surface area contributed by atoms with Crippen molar-refractivity contribution in [2.24, 2.45) is 0 Å². The molecule has 0 saturated carbocycles. The van der Waals surface area contributed by atoms with Crippen LogP contribution in [0.15, 0.2) is 58.4 Å². The molecule has 0 bridgehead atoms. The number of amides is 1. The molecule has 9 heteroatoms. The number of imidazole rings is 1. The fourth-order valence-corrected chi connectivity index (χ4v) is 3.76. The zero-order valence-corrected chi connectivity index (χ0v) is 20.3. The molecular weight excluding hydrogens is 461 g/mol. The smallest absolute Gasteiger partial charge is 0.272 e. The first kappa shape index (κ1) is 24.6. The van der Waals surface area contributed by atoms with Gasteiger partial charge in [0.15, 0.2) is 0 Å². The molecule has 0 unspecified atom stereocenters. The third-order valence-corrected chi connectivity index (χ3v) is 5.59. The van der Waals surface area contributed by atoms with E-state index in [1.54, 1.807) is 37.5 Å². The second kappa shape index (κ2) is 9.61. The summed E-state index contributed by atoms with van der Waals surface area (Å²) in [6, 6.07) is 10.7. The molecule has 36 heavy (non-hydrogen) atoms. The van der Waals surface area contributed by atoms with Crippen LogP contribution in [0.1, 0.15) is 53.6 Å². The standard InChI is InChI=1S/C27H26FN5O3/c1-15-8-9-17(28)12-19(15)24(34)31-18-7-5-6-16(10-18)11-21-25(35)33-22(26(36)32-21)13-20-23(27(2,3)4)30-14-29-20/h5-14H,1-4H3,(H,29,30)(H,31,34)(H,32,36)(H,33,35)/b21-11-,22-13-. The molecule has 2 aromatic heterocycles. The number of carbonyl (C=O) groups is 1. The number of rotatable bonds is 4. The minimum absolute atomic E-state index is 0.0553. The van der Waals surface area contributed by atoms with Gasteiger partial charge in [-0.25, -0.2) is 9.37 Å². The highest BCUT2D eigenvalue weighted by atomic mass is 19.1. The van der Waals surface area contributed by atoms with E-state index in [1.165, 1.54) is 30.4 Å². The van der Waals surface area contributed by atoms with E-state index in [0.717, 1.165) is 5.69 Å². The van der Waals surface area contributed by atoms with Crippen LogP contribution in [0.3, 0.4) is 0 Å². The molecular formula is C27H26FN5O3. The molecule has 0 saturated heterocycles. The second-order valence-electron chi connectivity index (χ2n) is 9.48. The Hall–Kier alpha value is -4.53. The van der Waals surface area contributed by atoms with E-state index in [0.29, 0.717) is 22.5 Å². The van der Waals surface area contributed by atoms with Crippen molar-refractivity contribution in [3.8, 4) is 0 Å². The van der Waals surface area contributed by atoms with Crippen LogP contribution in [0.25, 0.3) is 12.2 Å². The molecule has 0 aliphatic rings. The SMILES string of the molecule is Cc1ccc(F)cc1C(=O)Nc1cccc(/C=c2\[nH]c(=O)/c(=C/c3nc[nH]c3C(C)(C)C)[nH]c2=O)c1. The number of carbonyl (C=O) groups excluding carboxylic acids is 1. The average molecular weight is 488 g/mol. The summed E-state index contributed by atoms with van der Waals surface area (Å²) in [5, 5.41) is 2.87. The Labute approximate surface area is 205 Å². The number of hydrogen-bond acceptors (Lipinski definition) is 4. The summed E-state index contributed by atoms with van der Waals surface area (Å²) in [6.45, 7) is 7.76. The van der Waals surface area contributed by atoms with Crippen molar-refractivity contribution >= 4 is 23.7 Å². The summed E-state index contributed by atoms with van der Waals surface area (Å²) in [6.07, 6.45) is 4.58. The highest BCUT2D eigenvalue weighted by Gasteiger charge is 2.19. The van der Waals surface area contributed by atoms with Crippen LogP contribution in [0.4, 0.5) is 10.1 Å². The Kier molecular flexibility index (Phi) is 6.57. The first-order chi connectivity index (χ1) is 17.0. The van der Waals surface area contributed by atoms with Crippen molar-refractivity contribution in [3.05, 3.63) is 114 Å². The Morgan fingerprint density at radius 2 is 1.69 bits per heavy atom. The summed E-state index contributed by atoms with van der Waals surface area (Å²) in [7, 11) is 0. The summed E-state index contributed by atoms with van der Waals surface area (Å²) >= 11 is 0. The minimum Gasteiger partial charge on any atom is -0.348 e. The average Bonchev–Trinajstić information content (AvgIpc) is 3.28. The van der Waals surface area contributed by atoms with E-state index in [9.17, 15) is 18.8 Å². The van der Waals surface area contributed by atoms with Crippen LogP contribution in [0.5, 0.6) is 0 Å². The molecule has 2 aromatic carbocycles. The van der Waals surface area contributed by atoms with E-state index in [2.05, 4.69) is 25.3 Å². The molecule has 2 heterocycles. The molecule has 0 atom stereocenters. The van der Waals surface area contributed by atoms with E-state index in [1.807, 2.05) is 20.8 Å². The summed E-state index contributed by atoms with van der Waals surface area (Å²) < 4.78 is 13.6. The molecule has 0 aliphatic heterocycles. The molecule has 0 spiro atoms. The zero-order chi connectivity index (χ0) is 26.0. The lowest BCUT2D eigenvalue weighted by molar-refractivity contribution is 0.102. The van der Waals surface area contributed by atoms with Gasteiger partial charge in [0.1, 0.15) is 16.5 Å². The maximum Gasteiger partial charge on any atom is 0.272 e. The number of anilines is 1. The minimum atomic E-state index is -0.501. The number of benzene rings is 2. The van der Waals surface area contributed by atoms with Crippen molar-refractivity contribution in [2.45, 2.75) is 33.1 Å². The summed E-state index contributed by atoms with van der Waals surface area (Å²) in [5.74, 6) is -0.957. The zero-order valence-electron chi connectivity index (χ0n) is 20.3. The third-order valence-electron chi connectivity index (χ3n) is 5.59. The molecule has 0 aliphatic carbocycles. The molecule has 4 rings (SSSR count). The maximum atomic E-state index is 13.6. The van der Waals surface area contributed by atoms with Crippen molar-refractivity contribution in [3.63, 3.8) is 0 Å². The molecule has 8 nitrogen and oxygen atoms in total. The van der Waals surface area contributed by atoms with Crippen molar-refractivity contribution in [1.29, 1.82) is 0 Å². The van der Waals surface area contributed by atoms with Crippen LogP contribution in [0.2, 0.25) is 0 Å². The Bertz CT molecular complexity index is 1690. The Morgan fingerprint density at radius 1 is 1.00 bits per heavy atom. The first-order valence-corrected chi connectivity index (χ1v) is 11.3. The van der Waals surface area contributed by atoms with Gasteiger partial charge in [0, 0.05) is 22.4 Å². The lowest BCUT2D eigenvalue weighted by Gasteiger charge is -2.16. The Balaban J connectivity index is 1.66. The molecule has 0 fully saturated rings. The number of H-pyrrole nitrogens is 3. The van der Waals surface area contributed by atoms with Crippen molar-refractivity contribution < 1.29 is 9.18 Å². The number of nitrogens with one attached hydrogen (secondary N) is 4. The van der Waals surface area contributed by atoms with Crippen LogP contribution >= 0.6 is 0 Å². The van der Waals surface area contributed by atoms with Crippen LogP contribution in [-0.4, -0.2) is 25.8 Å². The predicted octanol–water partition coefficient (Wildman–Crippen LogP) is 2.44. The molecule has 0 radical (unpaired) electrons.